The molecule has 0 aliphatic rings. The molecule has 0 atom stereocenters. The van der Waals surface area contributed by atoms with Gasteiger partial charge in [-0.1, -0.05) is 6.92 Å². The normalized spacial score (nSPS) is 11.5. The van der Waals surface area contributed by atoms with Crippen molar-refractivity contribution in [2.45, 2.75) is 39.0 Å². The van der Waals surface area contributed by atoms with Gasteiger partial charge in [0.05, 0.1) is 56.1 Å². The summed E-state index contributed by atoms with van der Waals surface area (Å²) >= 11 is 20.1. The lowest BCUT2D eigenvalue weighted by molar-refractivity contribution is -0.169. The van der Waals surface area contributed by atoms with Gasteiger partial charge in [0, 0.05) is 28.8 Å². The molecule has 0 amide bonds. The Hall–Kier alpha value is -0.940. The van der Waals surface area contributed by atoms with Crippen LogP contribution in [-0.4, -0.2) is 105 Å². The highest BCUT2D eigenvalue weighted by Gasteiger charge is 2.38. The molecule has 0 aromatic rings. The molecule has 0 saturated carbocycles. The van der Waals surface area contributed by atoms with Gasteiger partial charge in [-0.25, -0.2) is 0 Å². The molecule has 11 nitrogen and oxygen atoms in total. The SMILES string of the molecule is CC(COCC(COC(=O)CCS)(COC(=O)CCS)COC(=O)CCS)(COC(=O)CCS)COC(=O)CCS. The van der Waals surface area contributed by atoms with E-state index >= 15 is 0 Å². The molecule has 0 fully saturated rings. The predicted molar refractivity (Wildman–Crippen MR) is 169 cm³/mol. The second-order valence-corrected chi connectivity index (χ2v) is 11.7. The topological polar surface area (TPSA) is 141 Å². The maximum Gasteiger partial charge on any atom is 0.306 e. The molecule has 0 aliphatic carbocycles. The summed E-state index contributed by atoms with van der Waals surface area (Å²) in [6.45, 7) is 0.246. The maximum atomic E-state index is 12.2. The molecule has 0 unspecified atom stereocenters. The molecule has 41 heavy (non-hydrogen) atoms. The van der Waals surface area contributed by atoms with Crippen molar-refractivity contribution in [3.05, 3.63) is 0 Å². The molecule has 0 bridgehead atoms. The molecule has 0 heterocycles. The van der Waals surface area contributed by atoms with E-state index in [2.05, 4.69) is 63.1 Å². The zero-order valence-electron chi connectivity index (χ0n) is 23.2. The Balaban J connectivity index is 5.87. The van der Waals surface area contributed by atoms with Gasteiger partial charge in [-0.2, -0.15) is 63.1 Å². The number of rotatable bonds is 24. The summed E-state index contributed by atoms with van der Waals surface area (Å²) in [7, 11) is 0. The van der Waals surface area contributed by atoms with Crippen LogP contribution in [0.15, 0.2) is 0 Å². The number of carbonyl (C=O) groups excluding carboxylic acids is 5. The molecule has 0 spiro atoms. The molecule has 0 aromatic heterocycles. The lowest BCUT2D eigenvalue weighted by Crippen LogP contribution is -2.45. The quantitative estimate of drug-likeness (QED) is 0.0584. The maximum absolute atomic E-state index is 12.2. The van der Waals surface area contributed by atoms with Crippen LogP contribution in [-0.2, 0) is 52.4 Å². The fourth-order valence-electron chi connectivity index (χ4n) is 2.92. The summed E-state index contributed by atoms with van der Waals surface area (Å²) in [6, 6.07) is 0. The molecule has 16 heteroatoms. The van der Waals surface area contributed by atoms with Crippen LogP contribution in [0.2, 0.25) is 0 Å². The summed E-state index contributed by atoms with van der Waals surface area (Å²) in [5.74, 6) is -1.24. The van der Waals surface area contributed by atoms with Crippen LogP contribution >= 0.6 is 63.1 Å². The highest BCUT2D eigenvalue weighted by atomic mass is 32.1. The first-order valence-corrected chi connectivity index (χ1v) is 16.0. The van der Waals surface area contributed by atoms with Crippen molar-refractivity contribution >= 4 is 93.0 Å². The van der Waals surface area contributed by atoms with E-state index in [0.717, 1.165) is 0 Å². The van der Waals surface area contributed by atoms with Crippen molar-refractivity contribution < 1.29 is 52.4 Å². The monoisotopic (exact) mass is 678 g/mol. The van der Waals surface area contributed by atoms with Crippen molar-refractivity contribution in [2.24, 2.45) is 10.8 Å². The first kappa shape index (κ1) is 40.1. The fraction of sp³-hybridized carbons (Fsp3) is 0.800. The van der Waals surface area contributed by atoms with E-state index in [1.165, 1.54) is 0 Å². The van der Waals surface area contributed by atoms with Crippen LogP contribution in [0.3, 0.4) is 0 Å². The zero-order chi connectivity index (χ0) is 31.2. The summed E-state index contributed by atoms with van der Waals surface area (Å²) < 4.78 is 32.8. The van der Waals surface area contributed by atoms with Crippen molar-refractivity contribution in [1.82, 2.24) is 0 Å². The third-order valence-electron chi connectivity index (χ3n) is 5.22. The number of carbonyl (C=O) groups is 5. The van der Waals surface area contributed by atoms with Gasteiger partial charge in [0.15, 0.2) is 0 Å². The van der Waals surface area contributed by atoms with E-state index in [0.29, 0.717) is 11.5 Å². The Labute approximate surface area is 269 Å². The van der Waals surface area contributed by atoms with Crippen molar-refractivity contribution in [1.29, 1.82) is 0 Å². The Morgan fingerprint density at radius 1 is 0.439 bits per heavy atom. The molecule has 0 N–H and O–H groups in total. The van der Waals surface area contributed by atoms with Gasteiger partial charge in [0.2, 0.25) is 0 Å². The van der Waals surface area contributed by atoms with Gasteiger partial charge >= 0.3 is 29.8 Å². The molecular weight excluding hydrogens is 637 g/mol. The number of esters is 5. The Morgan fingerprint density at radius 2 is 0.707 bits per heavy atom. The first-order valence-electron chi connectivity index (χ1n) is 12.9. The predicted octanol–water partition coefficient (Wildman–Crippen LogP) is 2.31. The third-order valence-corrected chi connectivity index (χ3v) is 6.34. The zero-order valence-corrected chi connectivity index (χ0v) is 27.7. The Bertz CT molecular complexity index is 736. The highest BCUT2D eigenvalue weighted by molar-refractivity contribution is 7.80. The third kappa shape index (κ3) is 19.8. The standard InChI is InChI=1S/C25H42O11S5/c1-24(13-32-19(26)2-7-37,14-33-20(27)3-8-38)12-31-15-25(16-34-21(28)4-9-39,17-35-22(29)5-10-40)18-36-23(30)6-11-41/h37-41H,2-18H2,1H3. The molecule has 0 rings (SSSR count). The van der Waals surface area contributed by atoms with E-state index in [9.17, 15) is 24.0 Å². The van der Waals surface area contributed by atoms with Crippen LogP contribution in [0.25, 0.3) is 0 Å². The number of hydrogen-bond acceptors (Lipinski definition) is 16. The van der Waals surface area contributed by atoms with E-state index in [-0.39, 0.29) is 95.6 Å². The second kappa shape index (κ2) is 23.5. The minimum atomic E-state index is -1.28. The lowest BCUT2D eigenvalue weighted by atomic mass is 9.91. The highest BCUT2D eigenvalue weighted by Crippen LogP contribution is 2.25. The van der Waals surface area contributed by atoms with Crippen molar-refractivity contribution in [3.63, 3.8) is 0 Å². The van der Waals surface area contributed by atoms with Crippen LogP contribution in [0.5, 0.6) is 0 Å². The van der Waals surface area contributed by atoms with E-state index in [1.54, 1.807) is 6.92 Å². The average molecular weight is 679 g/mol. The molecule has 0 saturated heterocycles. The lowest BCUT2D eigenvalue weighted by Gasteiger charge is -2.34. The van der Waals surface area contributed by atoms with E-state index < -0.39 is 40.7 Å². The number of hydrogen-bond donors (Lipinski definition) is 5. The minimum absolute atomic E-state index is 0.0340. The molecular formula is C25H42O11S5. The Kier molecular flexibility index (Phi) is 23.0. The van der Waals surface area contributed by atoms with Crippen LogP contribution in [0.4, 0.5) is 0 Å². The molecule has 0 aromatic carbocycles. The van der Waals surface area contributed by atoms with Gasteiger partial charge in [0.25, 0.3) is 0 Å². The van der Waals surface area contributed by atoms with Gasteiger partial charge in [-0.15, -0.1) is 0 Å². The summed E-state index contributed by atoms with van der Waals surface area (Å²) in [4.78, 5) is 60.4. The fourth-order valence-corrected chi connectivity index (χ4v) is 3.83. The number of ether oxygens (including phenoxy) is 6. The Morgan fingerprint density at radius 3 is 0.976 bits per heavy atom. The first-order chi connectivity index (χ1) is 19.5. The van der Waals surface area contributed by atoms with Crippen LogP contribution in [0, 0.1) is 10.8 Å². The van der Waals surface area contributed by atoms with Gasteiger partial charge in [-0.3, -0.25) is 24.0 Å². The van der Waals surface area contributed by atoms with E-state index in [4.69, 9.17) is 28.4 Å². The molecule has 0 radical (unpaired) electrons. The summed E-state index contributed by atoms with van der Waals surface area (Å²) in [6.07, 6.45) is 0.288. The summed E-state index contributed by atoms with van der Waals surface area (Å²) in [5.41, 5.74) is -2.25. The molecule has 0 aliphatic heterocycles. The summed E-state index contributed by atoms with van der Waals surface area (Å²) in [5, 5.41) is 0. The minimum Gasteiger partial charge on any atom is -0.465 e. The average Bonchev–Trinajstić information content (AvgIpc) is 2.92. The smallest absolute Gasteiger partial charge is 0.306 e. The molecule has 238 valence electrons. The number of thiol groups is 5. The van der Waals surface area contributed by atoms with Gasteiger partial charge in [0.1, 0.15) is 33.0 Å². The van der Waals surface area contributed by atoms with Crippen LogP contribution in [0.1, 0.15) is 39.0 Å². The van der Waals surface area contributed by atoms with Gasteiger partial charge < -0.3 is 28.4 Å². The van der Waals surface area contributed by atoms with E-state index in [1.807, 2.05) is 0 Å². The largest absolute Gasteiger partial charge is 0.465 e. The van der Waals surface area contributed by atoms with Crippen LogP contribution < -0.4 is 0 Å². The second-order valence-electron chi connectivity index (χ2n) is 9.47. The van der Waals surface area contributed by atoms with Crippen molar-refractivity contribution in [2.75, 3.05) is 75.0 Å². The van der Waals surface area contributed by atoms with Gasteiger partial charge in [-0.05, 0) is 0 Å². The van der Waals surface area contributed by atoms with Crippen molar-refractivity contribution in [3.8, 4) is 0 Å².